The van der Waals surface area contributed by atoms with Crippen molar-refractivity contribution in [3.05, 3.63) is 59.2 Å². The van der Waals surface area contributed by atoms with E-state index in [0.29, 0.717) is 0 Å². The van der Waals surface area contributed by atoms with Gasteiger partial charge in [0, 0.05) is 31.0 Å². The average molecular weight is 280 g/mol. The Morgan fingerprint density at radius 2 is 1.81 bits per heavy atom. The monoisotopic (exact) mass is 280 g/mol. The molecule has 0 radical (unpaired) electrons. The van der Waals surface area contributed by atoms with E-state index in [2.05, 4.69) is 66.5 Å². The Morgan fingerprint density at radius 1 is 1.00 bits per heavy atom. The third-order valence-corrected chi connectivity index (χ3v) is 4.30. The van der Waals surface area contributed by atoms with Crippen LogP contribution in [0.2, 0.25) is 0 Å². The van der Waals surface area contributed by atoms with Gasteiger partial charge in [-0.15, -0.1) is 0 Å². The maximum atomic E-state index is 3.56. The molecule has 2 heteroatoms. The van der Waals surface area contributed by atoms with Crippen LogP contribution in [0.15, 0.2) is 42.5 Å². The molecule has 0 atom stereocenters. The minimum Gasteiger partial charge on any atom is -0.381 e. The molecule has 0 aromatic heterocycles. The molecular formula is C19H24N2. The van der Waals surface area contributed by atoms with Crippen LogP contribution in [-0.4, -0.2) is 13.1 Å². The zero-order valence-corrected chi connectivity index (χ0v) is 13.0. The molecule has 0 unspecified atom stereocenters. The normalized spacial score (nSPS) is 14.5. The standard InChI is InChI=1S/C19H24N2/c1-15-8-9-17(16(2)12-15)14-20-18-6-5-7-19(13-18)21-10-3-4-11-21/h5-9,12-13,20H,3-4,10-11,14H2,1-2H3. The quantitative estimate of drug-likeness (QED) is 0.886. The number of benzene rings is 2. The van der Waals surface area contributed by atoms with Gasteiger partial charge in [0.05, 0.1) is 0 Å². The third kappa shape index (κ3) is 3.38. The number of nitrogens with one attached hydrogen (secondary N) is 1. The van der Waals surface area contributed by atoms with Crippen LogP contribution in [-0.2, 0) is 6.54 Å². The van der Waals surface area contributed by atoms with Gasteiger partial charge in [0.1, 0.15) is 0 Å². The molecule has 2 nitrogen and oxygen atoms in total. The molecule has 2 aromatic carbocycles. The van der Waals surface area contributed by atoms with Gasteiger partial charge in [-0.2, -0.15) is 0 Å². The first-order chi connectivity index (χ1) is 10.2. The summed E-state index contributed by atoms with van der Waals surface area (Å²) in [6.07, 6.45) is 2.64. The van der Waals surface area contributed by atoms with Crippen LogP contribution in [0.5, 0.6) is 0 Å². The SMILES string of the molecule is Cc1ccc(CNc2cccc(N3CCCC3)c2)c(C)c1. The second-order valence-corrected chi connectivity index (χ2v) is 6.03. The van der Waals surface area contributed by atoms with Crippen molar-refractivity contribution in [3.8, 4) is 0 Å². The molecule has 1 heterocycles. The van der Waals surface area contributed by atoms with Gasteiger partial charge in [-0.25, -0.2) is 0 Å². The minimum absolute atomic E-state index is 0.884. The number of hydrogen-bond donors (Lipinski definition) is 1. The number of nitrogens with zero attached hydrogens (tertiary/aromatic N) is 1. The Bertz CT molecular complexity index is 613. The predicted molar refractivity (Wildman–Crippen MR) is 91.1 cm³/mol. The first kappa shape index (κ1) is 14.0. The van der Waals surface area contributed by atoms with Gasteiger partial charge in [0.25, 0.3) is 0 Å². The molecule has 0 bridgehead atoms. The highest BCUT2D eigenvalue weighted by Gasteiger charge is 2.12. The Kier molecular flexibility index (Phi) is 4.14. The number of anilines is 2. The first-order valence-corrected chi connectivity index (χ1v) is 7.87. The summed E-state index contributed by atoms with van der Waals surface area (Å²) >= 11 is 0. The summed E-state index contributed by atoms with van der Waals surface area (Å²) in [6, 6.07) is 15.5. The number of aryl methyl sites for hydroxylation is 2. The summed E-state index contributed by atoms with van der Waals surface area (Å²) < 4.78 is 0. The molecule has 0 saturated carbocycles. The van der Waals surface area contributed by atoms with Crippen molar-refractivity contribution in [2.45, 2.75) is 33.2 Å². The highest BCUT2D eigenvalue weighted by Crippen LogP contribution is 2.23. The molecule has 1 fully saturated rings. The van der Waals surface area contributed by atoms with E-state index in [1.54, 1.807) is 0 Å². The molecule has 2 aromatic rings. The van der Waals surface area contributed by atoms with E-state index in [1.165, 1.54) is 54.0 Å². The van der Waals surface area contributed by atoms with E-state index >= 15 is 0 Å². The van der Waals surface area contributed by atoms with Crippen LogP contribution in [0.1, 0.15) is 29.5 Å². The van der Waals surface area contributed by atoms with E-state index in [0.717, 1.165) is 6.54 Å². The maximum Gasteiger partial charge on any atom is 0.0403 e. The summed E-state index contributed by atoms with van der Waals surface area (Å²) in [5.74, 6) is 0. The van der Waals surface area contributed by atoms with E-state index < -0.39 is 0 Å². The van der Waals surface area contributed by atoms with Crippen LogP contribution in [0.25, 0.3) is 0 Å². The van der Waals surface area contributed by atoms with Gasteiger partial charge in [0.2, 0.25) is 0 Å². The maximum absolute atomic E-state index is 3.56. The fourth-order valence-corrected chi connectivity index (χ4v) is 3.03. The van der Waals surface area contributed by atoms with Crippen LogP contribution in [0.3, 0.4) is 0 Å². The molecule has 0 amide bonds. The van der Waals surface area contributed by atoms with Gasteiger partial charge in [-0.3, -0.25) is 0 Å². The molecule has 1 aliphatic rings. The van der Waals surface area contributed by atoms with Crippen molar-refractivity contribution in [1.82, 2.24) is 0 Å². The lowest BCUT2D eigenvalue weighted by molar-refractivity contribution is 0.949. The lowest BCUT2D eigenvalue weighted by Crippen LogP contribution is -2.17. The Balaban J connectivity index is 1.68. The summed E-state index contributed by atoms with van der Waals surface area (Å²) in [6.45, 7) is 7.60. The predicted octanol–water partition coefficient (Wildman–Crippen LogP) is 4.52. The lowest BCUT2D eigenvalue weighted by atomic mass is 10.1. The number of hydrogen-bond acceptors (Lipinski definition) is 2. The summed E-state index contributed by atoms with van der Waals surface area (Å²) in [4.78, 5) is 2.47. The van der Waals surface area contributed by atoms with Gasteiger partial charge >= 0.3 is 0 Å². The Morgan fingerprint density at radius 3 is 2.57 bits per heavy atom. The van der Waals surface area contributed by atoms with E-state index in [1.807, 2.05) is 0 Å². The van der Waals surface area contributed by atoms with Crippen molar-refractivity contribution in [3.63, 3.8) is 0 Å². The van der Waals surface area contributed by atoms with Gasteiger partial charge in [-0.1, -0.05) is 29.8 Å². The smallest absolute Gasteiger partial charge is 0.0403 e. The second kappa shape index (κ2) is 6.21. The summed E-state index contributed by atoms with van der Waals surface area (Å²) in [5, 5.41) is 3.56. The van der Waals surface area contributed by atoms with E-state index in [9.17, 15) is 0 Å². The molecule has 0 spiro atoms. The topological polar surface area (TPSA) is 15.3 Å². The second-order valence-electron chi connectivity index (χ2n) is 6.03. The van der Waals surface area contributed by atoms with E-state index in [4.69, 9.17) is 0 Å². The molecule has 1 N–H and O–H groups in total. The van der Waals surface area contributed by atoms with Crippen LogP contribution < -0.4 is 10.2 Å². The lowest BCUT2D eigenvalue weighted by Gasteiger charge is -2.19. The average Bonchev–Trinajstić information content (AvgIpc) is 3.01. The molecular weight excluding hydrogens is 256 g/mol. The highest BCUT2D eigenvalue weighted by atomic mass is 15.1. The fourth-order valence-electron chi connectivity index (χ4n) is 3.03. The van der Waals surface area contributed by atoms with Crippen LogP contribution in [0, 0.1) is 13.8 Å². The van der Waals surface area contributed by atoms with Crippen molar-refractivity contribution in [2.24, 2.45) is 0 Å². The number of rotatable bonds is 4. The minimum atomic E-state index is 0.884. The fraction of sp³-hybridized carbons (Fsp3) is 0.368. The van der Waals surface area contributed by atoms with E-state index in [-0.39, 0.29) is 0 Å². The molecule has 1 aliphatic heterocycles. The molecule has 0 aliphatic carbocycles. The van der Waals surface area contributed by atoms with Gasteiger partial charge < -0.3 is 10.2 Å². The zero-order valence-electron chi connectivity index (χ0n) is 13.0. The Hall–Kier alpha value is -1.96. The molecule has 3 rings (SSSR count). The Labute approximate surface area is 127 Å². The van der Waals surface area contributed by atoms with Gasteiger partial charge in [-0.05, 0) is 56.0 Å². The zero-order chi connectivity index (χ0) is 14.7. The summed E-state index contributed by atoms with van der Waals surface area (Å²) in [7, 11) is 0. The van der Waals surface area contributed by atoms with Crippen molar-refractivity contribution in [1.29, 1.82) is 0 Å². The van der Waals surface area contributed by atoms with Crippen molar-refractivity contribution < 1.29 is 0 Å². The van der Waals surface area contributed by atoms with Crippen LogP contribution >= 0.6 is 0 Å². The van der Waals surface area contributed by atoms with Gasteiger partial charge in [0.15, 0.2) is 0 Å². The van der Waals surface area contributed by atoms with Crippen molar-refractivity contribution in [2.75, 3.05) is 23.3 Å². The highest BCUT2D eigenvalue weighted by molar-refractivity contribution is 5.58. The summed E-state index contributed by atoms with van der Waals surface area (Å²) in [5.41, 5.74) is 6.61. The molecule has 21 heavy (non-hydrogen) atoms. The van der Waals surface area contributed by atoms with Crippen LogP contribution in [0.4, 0.5) is 11.4 Å². The molecule has 1 saturated heterocycles. The first-order valence-electron chi connectivity index (χ1n) is 7.87. The molecule has 110 valence electrons. The largest absolute Gasteiger partial charge is 0.381 e. The third-order valence-electron chi connectivity index (χ3n) is 4.30. The van der Waals surface area contributed by atoms with Crippen molar-refractivity contribution >= 4 is 11.4 Å².